The summed E-state index contributed by atoms with van der Waals surface area (Å²) in [6, 6.07) is 1.71. The number of nitrogens with one attached hydrogen (secondary N) is 1. The zero-order valence-electron chi connectivity index (χ0n) is 15.6. The van der Waals surface area contributed by atoms with Crippen LogP contribution in [-0.2, 0) is 4.74 Å². The molecule has 138 valence electrons. The Hall–Kier alpha value is -2.47. The molecule has 7 heteroatoms. The molecule has 0 amide bonds. The summed E-state index contributed by atoms with van der Waals surface area (Å²) in [6.07, 6.45) is -1.05. The molecule has 0 spiro atoms. The second-order valence-corrected chi connectivity index (χ2v) is 6.70. The normalized spacial score (nSPS) is 12.0. The number of aromatic nitrogens is 2. The highest BCUT2D eigenvalue weighted by Gasteiger charge is 2.27. The highest BCUT2D eigenvalue weighted by Crippen LogP contribution is 2.23. The molecular weight excluding hydrogens is 356 g/mol. The number of ether oxygens (including phenoxy) is 1. The van der Waals surface area contributed by atoms with Gasteiger partial charge in [0.2, 0.25) is 5.78 Å². The number of hydrogen-bond donors (Lipinski definition) is 1. The van der Waals surface area contributed by atoms with Gasteiger partial charge in [-0.15, -0.1) is 0 Å². The summed E-state index contributed by atoms with van der Waals surface area (Å²) in [6.45, 7) is 9.82. The van der Waals surface area contributed by atoms with Crippen molar-refractivity contribution in [2.75, 3.05) is 0 Å². The van der Waals surface area contributed by atoms with Crippen LogP contribution < -0.4 is 0 Å². The Morgan fingerprint density at radius 3 is 2.27 bits per heavy atom. The van der Waals surface area contributed by atoms with E-state index in [1.54, 1.807) is 33.8 Å². The number of hydrogen-bond acceptors (Lipinski definition) is 5. The lowest BCUT2D eigenvalue weighted by molar-refractivity contribution is 0.0316. The number of carbonyl (C=O) groups is 3. The van der Waals surface area contributed by atoms with Gasteiger partial charge < -0.3 is 9.72 Å². The van der Waals surface area contributed by atoms with Gasteiger partial charge in [0.25, 0.3) is 0 Å². The van der Waals surface area contributed by atoms with Gasteiger partial charge in [0.1, 0.15) is 5.15 Å². The fraction of sp³-hybridized carbons (Fsp3) is 0.368. The average molecular weight is 377 g/mol. The van der Waals surface area contributed by atoms with Gasteiger partial charge >= 0.3 is 5.97 Å². The van der Waals surface area contributed by atoms with Gasteiger partial charge in [-0.1, -0.05) is 11.6 Å². The van der Waals surface area contributed by atoms with Crippen LogP contribution in [0, 0.1) is 27.7 Å². The highest BCUT2D eigenvalue weighted by atomic mass is 35.5. The number of H-pyrrole nitrogens is 1. The van der Waals surface area contributed by atoms with E-state index in [2.05, 4.69) is 9.97 Å². The third-order valence-electron chi connectivity index (χ3n) is 4.19. The van der Waals surface area contributed by atoms with E-state index in [1.807, 2.05) is 0 Å². The third kappa shape index (κ3) is 3.70. The number of halogens is 1. The van der Waals surface area contributed by atoms with E-state index in [0.29, 0.717) is 28.1 Å². The molecule has 0 aliphatic heterocycles. The van der Waals surface area contributed by atoms with E-state index in [9.17, 15) is 14.4 Å². The van der Waals surface area contributed by atoms with Crippen LogP contribution in [0.25, 0.3) is 0 Å². The number of rotatable bonds is 5. The van der Waals surface area contributed by atoms with E-state index in [-0.39, 0.29) is 22.2 Å². The van der Waals surface area contributed by atoms with Crippen LogP contribution in [0.1, 0.15) is 67.6 Å². The van der Waals surface area contributed by atoms with Gasteiger partial charge in [-0.3, -0.25) is 9.59 Å². The second-order valence-electron chi connectivity index (χ2n) is 6.34. The van der Waals surface area contributed by atoms with Gasteiger partial charge in [0.15, 0.2) is 11.9 Å². The second kappa shape index (κ2) is 7.41. The topological polar surface area (TPSA) is 89.1 Å². The zero-order valence-corrected chi connectivity index (χ0v) is 16.4. The zero-order chi connectivity index (χ0) is 19.8. The summed E-state index contributed by atoms with van der Waals surface area (Å²) < 4.78 is 5.30. The van der Waals surface area contributed by atoms with Crippen LogP contribution in [-0.4, -0.2) is 33.6 Å². The Morgan fingerprint density at radius 1 is 1.15 bits per heavy atom. The Morgan fingerprint density at radius 2 is 1.77 bits per heavy atom. The summed E-state index contributed by atoms with van der Waals surface area (Å²) >= 11 is 6.05. The van der Waals surface area contributed by atoms with E-state index in [1.165, 1.54) is 13.8 Å². The van der Waals surface area contributed by atoms with Crippen molar-refractivity contribution in [3.8, 4) is 0 Å². The molecule has 2 rings (SSSR count). The Bertz CT molecular complexity index is 891. The van der Waals surface area contributed by atoms with Crippen molar-refractivity contribution >= 4 is 29.1 Å². The summed E-state index contributed by atoms with van der Waals surface area (Å²) in [5.74, 6) is -1.26. The molecule has 0 saturated carbocycles. The van der Waals surface area contributed by atoms with Crippen molar-refractivity contribution in [3.63, 3.8) is 0 Å². The lowest BCUT2D eigenvalue weighted by Gasteiger charge is -2.14. The summed E-state index contributed by atoms with van der Waals surface area (Å²) in [5.41, 5.74) is 3.35. The summed E-state index contributed by atoms with van der Waals surface area (Å²) in [5, 5.41) is 0.0397. The molecule has 2 heterocycles. The molecule has 0 fully saturated rings. The van der Waals surface area contributed by atoms with E-state index in [0.717, 1.165) is 0 Å². The number of Topliss-reactive ketones (excluding diaryl/α,β-unsaturated/α-hetero) is 2. The largest absolute Gasteiger partial charge is 0.451 e. The average Bonchev–Trinajstić information content (AvgIpc) is 2.79. The fourth-order valence-corrected chi connectivity index (χ4v) is 3.40. The highest BCUT2D eigenvalue weighted by molar-refractivity contribution is 6.32. The number of aryl methyl sites for hydroxylation is 3. The molecule has 2 aromatic heterocycles. The molecule has 0 aliphatic carbocycles. The number of carbonyl (C=O) groups excluding carboxylic acids is 3. The molecule has 0 saturated heterocycles. The molecule has 0 radical (unpaired) electrons. The molecule has 0 aromatic carbocycles. The Balaban J connectivity index is 2.27. The number of aromatic amines is 1. The van der Waals surface area contributed by atoms with E-state index in [4.69, 9.17) is 16.3 Å². The third-order valence-corrected chi connectivity index (χ3v) is 4.47. The van der Waals surface area contributed by atoms with Crippen LogP contribution in [0.4, 0.5) is 0 Å². The molecule has 1 atom stereocenters. The standard InChI is InChI=1S/C19H21ClN2O4/c1-8-7-9(2)21-18(20)14(8)19(25)26-13(6)17(24)16-10(3)15(12(5)23)11(4)22-16/h7,13,22H,1-6H3/t13-/m0/s1. The molecule has 0 aliphatic rings. The predicted octanol–water partition coefficient (Wildman–Crippen LogP) is 3.93. The van der Waals surface area contributed by atoms with Crippen molar-refractivity contribution in [3.05, 3.63) is 50.6 Å². The van der Waals surface area contributed by atoms with Crippen LogP contribution >= 0.6 is 11.6 Å². The minimum absolute atomic E-state index is 0.0397. The molecule has 0 bridgehead atoms. The minimum Gasteiger partial charge on any atom is -0.451 e. The van der Waals surface area contributed by atoms with Crippen LogP contribution in [0.5, 0.6) is 0 Å². The first-order valence-corrected chi connectivity index (χ1v) is 8.51. The quantitative estimate of drug-likeness (QED) is 0.485. The SMILES string of the molecule is CC(=O)c1c(C)[nH]c(C(=O)[C@H](C)OC(=O)c2c(C)cc(C)nc2Cl)c1C. The first-order valence-electron chi connectivity index (χ1n) is 8.13. The van der Waals surface area contributed by atoms with Gasteiger partial charge in [0.05, 0.1) is 11.3 Å². The van der Waals surface area contributed by atoms with E-state index < -0.39 is 17.9 Å². The smallest absolute Gasteiger partial charge is 0.342 e. The van der Waals surface area contributed by atoms with Gasteiger partial charge in [-0.05, 0) is 58.7 Å². The monoisotopic (exact) mass is 376 g/mol. The van der Waals surface area contributed by atoms with Gasteiger partial charge in [0, 0.05) is 17.0 Å². The van der Waals surface area contributed by atoms with Crippen LogP contribution in [0.15, 0.2) is 6.07 Å². The summed E-state index contributed by atoms with van der Waals surface area (Å²) in [7, 11) is 0. The number of esters is 1. The van der Waals surface area contributed by atoms with Crippen molar-refractivity contribution in [2.45, 2.75) is 47.6 Å². The molecule has 0 unspecified atom stereocenters. The first kappa shape index (κ1) is 19.8. The predicted molar refractivity (Wildman–Crippen MR) is 98.2 cm³/mol. The van der Waals surface area contributed by atoms with Crippen molar-refractivity contribution in [1.82, 2.24) is 9.97 Å². The fourth-order valence-electron chi connectivity index (χ4n) is 3.04. The molecular formula is C19H21ClN2O4. The summed E-state index contributed by atoms with van der Waals surface area (Å²) in [4.78, 5) is 43.8. The Kier molecular flexibility index (Phi) is 5.66. The van der Waals surface area contributed by atoms with Gasteiger partial charge in [-0.2, -0.15) is 0 Å². The Labute approximate surface area is 156 Å². The van der Waals surface area contributed by atoms with Crippen molar-refractivity contribution in [2.24, 2.45) is 0 Å². The molecule has 1 N–H and O–H groups in total. The minimum atomic E-state index is -1.05. The number of pyridine rings is 1. The van der Waals surface area contributed by atoms with Crippen molar-refractivity contribution in [1.29, 1.82) is 0 Å². The van der Waals surface area contributed by atoms with Gasteiger partial charge in [-0.25, -0.2) is 9.78 Å². The molecule has 6 nitrogen and oxygen atoms in total. The number of nitrogens with zero attached hydrogens (tertiary/aromatic N) is 1. The molecule has 2 aromatic rings. The molecule has 26 heavy (non-hydrogen) atoms. The maximum Gasteiger partial charge on any atom is 0.342 e. The lowest BCUT2D eigenvalue weighted by atomic mass is 10.0. The number of ketones is 2. The maximum absolute atomic E-state index is 12.7. The first-order chi connectivity index (χ1) is 12.0. The maximum atomic E-state index is 12.7. The lowest BCUT2D eigenvalue weighted by Crippen LogP contribution is -2.26. The van der Waals surface area contributed by atoms with Crippen LogP contribution in [0.2, 0.25) is 5.15 Å². The van der Waals surface area contributed by atoms with Crippen LogP contribution in [0.3, 0.4) is 0 Å². The van der Waals surface area contributed by atoms with Crippen molar-refractivity contribution < 1.29 is 19.1 Å². The van der Waals surface area contributed by atoms with E-state index >= 15 is 0 Å².